The molecule has 36 heavy (non-hydrogen) atoms. The first-order valence-corrected chi connectivity index (χ1v) is 15.4. The second-order valence-corrected chi connectivity index (χ2v) is 12.8. The first-order valence-electron chi connectivity index (χ1n) is 11.7. The van der Waals surface area contributed by atoms with E-state index in [1.807, 2.05) is 0 Å². The summed E-state index contributed by atoms with van der Waals surface area (Å²) in [4.78, 5) is 13.1. The van der Waals surface area contributed by atoms with Gasteiger partial charge in [-0.05, 0) is 68.1 Å². The summed E-state index contributed by atoms with van der Waals surface area (Å²) >= 11 is 6.19. The van der Waals surface area contributed by atoms with Crippen LogP contribution < -0.4 is 14.4 Å². The number of rotatable bonds is 11. The molecule has 3 rings (SSSR count). The van der Waals surface area contributed by atoms with Gasteiger partial charge in [-0.25, -0.2) is 16.8 Å². The lowest BCUT2D eigenvalue weighted by Gasteiger charge is -2.30. The average Bonchev–Trinajstić information content (AvgIpc) is 3.37. The van der Waals surface area contributed by atoms with Crippen LogP contribution in [0.25, 0.3) is 0 Å². The Hall–Kier alpha value is -2.34. The van der Waals surface area contributed by atoms with Gasteiger partial charge in [-0.3, -0.25) is 9.10 Å². The first kappa shape index (κ1) is 28.2. The molecule has 0 bridgehead atoms. The van der Waals surface area contributed by atoms with Gasteiger partial charge < -0.3 is 10.1 Å². The van der Waals surface area contributed by atoms with Gasteiger partial charge in [0.05, 0.1) is 23.4 Å². The van der Waals surface area contributed by atoms with Crippen LogP contribution in [0.15, 0.2) is 47.4 Å². The number of carbonyl (C=O) groups is 1. The monoisotopic (exact) mass is 557 g/mol. The molecule has 0 aromatic heterocycles. The van der Waals surface area contributed by atoms with Gasteiger partial charge in [-0.2, -0.15) is 4.31 Å². The largest absolute Gasteiger partial charge is 0.492 e. The average molecular weight is 558 g/mol. The number of nitrogens with zero attached hydrogens (tertiary/aromatic N) is 2. The fourth-order valence-corrected chi connectivity index (χ4v) is 6.92. The summed E-state index contributed by atoms with van der Waals surface area (Å²) in [5.41, 5.74) is 1.11. The Balaban J connectivity index is 1.59. The number of anilines is 1. The summed E-state index contributed by atoms with van der Waals surface area (Å²) < 4.78 is 58.6. The lowest BCUT2D eigenvalue weighted by molar-refractivity contribution is -0.122. The highest BCUT2D eigenvalue weighted by molar-refractivity contribution is 7.92. The van der Waals surface area contributed by atoms with Crippen molar-refractivity contribution in [2.45, 2.75) is 44.0 Å². The number of sulfonamides is 2. The number of aryl methyl sites for hydroxylation is 1. The molecule has 0 aliphatic carbocycles. The molecule has 1 saturated heterocycles. The van der Waals surface area contributed by atoms with Crippen LogP contribution in [0, 0.1) is 6.92 Å². The van der Waals surface area contributed by atoms with Crippen LogP contribution >= 0.6 is 11.6 Å². The van der Waals surface area contributed by atoms with E-state index in [2.05, 4.69) is 5.32 Å². The molecule has 0 unspecified atom stereocenters. The molecule has 1 amide bonds. The zero-order valence-electron chi connectivity index (χ0n) is 20.6. The molecule has 1 aliphatic heterocycles. The maximum Gasteiger partial charge on any atom is 0.244 e. The Kier molecular flexibility index (Phi) is 9.26. The van der Waals surface area contributed by atoms with Crippen molar-refractivity contribution >= 4 is 43.2 Å². The fraction of sp³-hybridized carbons (Fsp3) is 0.458. The smallest absolute Gasteiger partial charge is 0.244 e. The molecule has 12 heteroatoms. The van der Waals surface area contributed by atoms with E-state index in [0.717, 1.165) is 29.0 Å². The zero-order valence-corrected chi connectivity index (χ0v) is 23.0. The van der Waals surface area contributed by atoms with Crippen molar-refractivity contribution in [3.05, 3.63) is 53.1 Å². The van der Waals surface area contributed by atoms with Crippen molar-refractivity contribution in [1.82, 2.24) is 9.62 Å². The number of benzene rings is 2. The summed E-state index contributed by atoms with van der Waals surface area (Å²) in [5, 5.41) is 3.13. The van der Waals surface area contributed by atoms with Crippen LogP contribution in [0.3, 0.4) is 0 Å². The van der Waals surface area contributed by atoms with Gasteiger partial charge in [0.25, 0.3) is 0 Å². The lowest BCUT2D eigenvalue weighted by atomic mass is 10.1. The molecule has 9 nitrogen and oxygen atoms in total. The second-order valence-electron chi connectivity index (χ2n) is 8.64. The Morgan fingerprint density at radius 2 is 1.75 bits per heavy atom. The summed E-state index contributed by atoms with van der Waals surface area (Å²) in [7, 11) is -7.26. The lowest BCUT2D eigenvalue weighted by Crippen LogP contribution is -2.50. The Morgan fingerprint density at radius 3 is 2.31 bits per heavy atom. The van der Waals surface area contributed by atoms with E-state index in [1.165, 1.54) is 22.5 Å². The molecule has 0 radical (unpaired) electrons. The quantitative estimate of drug-likeness (QED) is 0.425. The van der Waals surface area contributed by atoms with Gasteiger partial charge >= 0.3 is 0 Å². The standard InChI is InChI=1S/C24H32ClN3O6S2/c1-4-23(28(35(3,30)31)19-8-7-18(2)22(25)17-19)24(29)26-13-16-34-20-9-11-21(12-10-20)36(32,33)27-14-5-6-15-27/h7-12,17,23H,4-6,13-16H2,1-3H3,(H,26,29)/t23-/m1/s1. The van der Waals surface area contributed by atoms with Gasteiger partial charge in [-0.15, -0.1) is 0 Å². The molecular formula is C24H32ClN3O6S2. The predicted molar refractivity (Wildman–Crippen MR) is 141 cm³/mol. The van der Waals surface area contributed by atoms with Gasteiger partial charge in [0, 0.05) is 18.1 Å². The molecular weight excluding hydrogens is 526 g/mol. The molecule has 1 atom stereocenters. The van der Waals surface area contributed by atoms with E-state index in [9.17, 15) is 21.6 Å². The van der Waals surface area contributed by atoms with E-state index < -0.39 is 32.0 Å². The molecule has 1 heterocycles. The molecule has 2 aromatic rings. The number of ether oxygens (including phenoxy) is 1. The highest BCUT2D eigenvalue weighted by Crippen LogP contribution is 2.28. The number of carbonyl (C=O) groups excluding carboxylic acids is 1. The number of nitrogens with one attached hydrogen (secondary N) is 1. The maximum absolute atomic E-state index is 12.9. The van der Waals surface area contributed by atoms with Crippen molar-refractivity contribution in [3.8, 4) is 5.75 Å². The number of amides is 1. The maximum atomic E-state index is 12.9. The summed E-state index contributed by atoms with van der Waals surface area (Å²) in [6.45, 7) is 4.86. The second kappa shape index (κ2) is 11.8. The van der Waals surface area contributed by atoms with Crippen LogP contribution in [0.1, 0.15) is 31.7 Å². The van der Waals surface area contributed by atoms with Crippen LogP contribution in [-0.2, 0) is 24.8 Å². The molecule has 1 aliphatic rings. The fourth-order valence-electron chi connectivity index (χ4n) is 4.03. The molecule has 1 fully saturated rings. The number of halogens is 1. The van der Waals surface area contributed by atoms with Gasteiger partial charge in [-0.1, -0.05) is 24.6 Å². The predicted octanol–water partition coefficient (Wildman–Crippen LogP) is 3.17. The van der Waals surface area contributed by atoms with Crippen molar-refractivity contribution < 1.29 is 26.4 Å². The minimum Gasteiger partial charge on any atom is -0.492 e. The molecule has 0 spiro atoms. The minimum absolute atomic E-state index is 0.121. The van der Waals surface area contributed by atoms with Gasteiger partial charge in [0.15, 0.2) is 0 Å². The normalized spacial score (nSPS) is 15.4. The van der Waals surface area contributed by atoms with Crippen molar-refractivity contribution in [2.24, 2.45) is 0 Å². The molecule has 2 aromatic carbocycles. The summed E-state index contributed by atoms with van der Waals surface area (Å²) in [5.74, 6) is -0.000927. The Bertz CT molecular complexity index is 1280. The van der Waals surface area contributed by atoms with Crippen molar-refractivity contribution in [2.75, 3.05) is 36.8 Å². The SMILES string of the molecule is CC[C@H](C(=O)NCCOc1ccc(S(=O)(=O)N2CCCC2)cc1)N(c1ccc(C)c(Cl)c1)S(C)(=O)=O. The number of hydrogen-bond acceptors (Lipinski definition) is 6. The van der Waals surface area contributed by atoms with E-state index in [4.69, 9.17) is 16.3 Å². The van der Waals surface area contributed by atoms with Crippen LogP contribution in [0.4, 0.5) is 5.69 Å². The highest BCUT2D eigenvalue weighted by Gasteiger charge is 2.31. The summed E-state index contributed by atoms with van der Waals surface area (Å²) in [6.07, 6.45) is 3.03. The third-order valence-corrected chi connectivity index (χ3v) is 9.44. The highest BCUT2D eigenvalue weighted by atomic mass is 35.5. The van der Waals surface area contributed by atoms with Crippen LogP contribution in [0.2, 0.25) is 5.02 Å². The topological polar surface area (TPSA) is 113 Å². The third kappa shape index (κ3) is 6.70. The van der Waals surface area contributed by atoms with Crippen molar-refractivity contribution in [3.63, 3.8) is 0 Å². The molecule has 198 valence electrons. The van der Waals surface area contributed by atoms with Crippen LogP contribution in [0.5, 0.6) is 5.75 Å². The van der Waals surface area contributed by atoms with Crippen molar-refractivity contribution in [1.29, 1.82) is 0 Å². The first-order chi connectivity index (χ1) is 16.9. The molecule has 0 saturated carbocycles. The molecule has 1 N–H and O–H groups in total. The Morgan fingerprint density at radius 1 is 1.11 bits per heavy atom. The van der Waals surface area contributed by atoms with Crippen LogP contribution in [-0.4, -0.2) is 65.6 Å². The summed E-state index contributed by atoms with van der Waals surface area (Å²) in [6, 6.07) is 10.1. The van der Waals surface area contributed by atoms with Gasteiger partial charge in [0.1, 0.15) is 18.4 Å². The Labute approximate surface area is 218 Å². The van der Waals surface area contributed by atoms with E-state index in [-0.39, 0.29) is 24.5 Å². The van der Waals surface area contributed by atoms with E-state index in [1.54, 1.807) is 38.1 Å². The zero-order chi connectivity index (χ0) is 26.5. The van der Waals surface area contributed by atoms with Gasteiger partial charge in [0.2, 0.25) is 26.0 Å². The third-order valence-electron chi connectivity index (χ3n) is 5.94. The minimum atomic E-state index is -3.77. The number of hydrogen-bond donors (Lipinski definition) is 1. The van der Waals surface area contributed by atoms with E-state index in [0.29, 0.717) is 29.5 Å². The van der Waals surface area contributed by atoms with E-state index >= 15 is 0 Å².